The predicted molar refractivity (Wildman–Crippen MR) is 104 cm³/mol. The summed E-state index contributed by atoms with van der Waals surface area (Å²) in [6.07, 6.45) is 2.65. The monoisotopic (exact) mass is 403 g/mol. The standard InChI is InChI=1S/C20H21NO6S/c1-2-26-20(25)18-14-4-3-5-15(14)28-19(18)21-16(23)11-27-17(24)10-12-6-8-13(22)9-7-12/h6-9,22H,2-5,10-11H2,1H3,(H,21,23). The van der Waals surface area contributed by atoms with Crippen LogP contribution in [0.25, 0.3) is 0 Å². The van der Waals surface area contributed by atoms with Crippen LogP contribution in [0.2, 0.25) is 0 Å². The molecule has 2 N–H and O–H groups in total. The van der Waals surface area contributed by atoms with Crippen molar-refractivity contribution in [3.63, 3.8) is 0 Å². The van der Waals surface area contributed by atoms with E-state index >= 15 is 0 Å². The lowest BCUT2D eigenvalue weighted by molar-refractivity contribution is -0.146. The molecule has 0 saturated heterocycles. The molecule has 1 aromatic carbocycles. The first-order chi connectivity index (χ1) is 13.5. The van der Waals surface area contributed by atoms with Crippen molar-refractivity contribution >= 4 is 34.2 Å². The van der Waals surface area contributed by atoms with Crippen LogP contribution in [0.15, 0.2) is 24.3 Å². The number of aromatic hydroxyl groups is 1. The molecule has 2 aromatic rings. The molecule has 0 spiro atoms. The van der Waals surface area contributed by atoms with Gasteiger partial charge in [0.15, 0.2) is 6.61 Å². The highest BCUT2D eigenvalue weighted by atomic mass is 32.1. The number of hydrogen-bond acceptors (Lipinski definition) is 7. The number of nitrogens with one attached hydrogen (secondary N) is 1. The molecular weight excluding hydrogens is 382 g/mol. The third kappa shape index (κ3) is 4.69. The number of benzene rings is 1. The number of amides is 1. The highest BCUT2D eigenvalue weighted by Gasteiger charge is 2.28. The minimum absolute atomic E-state index is 0.00503. The zero-order valence-electron chi connectivity index (χ0n) is 15.4. The van der Waals surface area contributed by atoms with Crippen LogP contribution in [0.1, 0.15) is 39.7 Å². The number of carbonyl (C=O) groups excluding carboxylic acids is 3. The third-order valence-corrected chi connectivity index (χ3v) is 5.51. The molecule has 0 fully saturated rings. The quantitative estimate of drug-likeness (QED) is 0.690. The van der Waals surface area contributed by atoms with E-state index in [4.69, 9.17) is 9.47 Å². The smallest absolute Gasteiger partial charge is 0.341 e. The van der Waals surface area contributed by atoms with E-state index in [2.05, 4.69) is 5.32 Å². The van der Waals surface area contributed by atoms with Gasteiger partial charge in [-0.2, -0.15) is 0 Å². The van der Waals surface area contributed by atoms with Gasteiger partial charge in [-0.3, -0.25) is 9.59 Å². The second kappa shape index (κ2) is 8.88. The Bertz CT molecular complexity index is 887. The first-order valence-corrected chi connectivity index (χ1v) is 9.84. The molecule has 0 unspecified atom stereocenters. The van der Waals surface area contributed by atoms with Crippen molar-refractivity contribution in [1.29, 1.82) is 0 Å². The second-order valence-electron chi connectivity index (χ2n) is 6.33. The van der Waals surface area contributed by atoms with E-state index in [1.165, 1.54) is 23.5 Å². The molecule has 1 aliphatic carbocycles. The average Bonchev–Trinajstić information content (AvgIpc) is 3.22. The van der Waals surface area contributed by atoms with Crippen molar-refractivity contribution in [3.8, 4) is 5.75 Å². The molecule has 1 aliphatic rings. The fourth-order valence-corrected chi connectivity index (χ4v) is 4.35. The Morgan fingerprint density at radius 1 is 1.14 bits per heavy atom. The van der Waals surface area contributed by atoms with Crippen LogP contribution in [0.5, 0.6) is 5.75 Å². The number of carbonyl (C=O) groups is 3. The van der Waals surface area contributed by atoms with E-state index in [0.717, 1.165) is 29.7 Å². The molecule has 28 heavy (non-hydrogen) atoms. The normalized spacial score (nSPS) is 12.3. The Morgan fingerprint density at radius 2 is 1.89 bits per heavy atom. The van der Waals surface area contributed by atoms with Crippen molar-refractivity contribution in [3.05, 3.63) is 45.8 Å². The van der Waals surface area contributed by atoms with Crippen LogP contribution >= 0.6 is 11.3 Å². The van der Waals surface area contributed by atoms with E-state index in [0.29, 0.717) is 16.1 Å². The maximum absolute atomic E-state index is 12.3. The Balaban J connectivity index is 1.58. The fraction of sp³-hybridized carbons (Fsp3) is 0.350. The number of anilines is 1. The van der Waals surface area contributed by atoms with Gasteiger partial charge in [0.1, 0.15) is 10.8 Å². The van der Waals surface area contributed by atoms with E-state index in [-0.39, 0.29) is 18.8 Å². The van der Waals surface area contributed by atoms with Gasteiger partial charge in [-0.05, 0) is 49.4 Å². The highest BCUT2D eigenvalue weighted by Crippen LogP contribution is 2.39. The Hall–Kier alpha value is -2.87. The Labute approximate surface area is 166 Å². The van der Waals surface area contributed by atoms with Gasteiger partial charge < -0.3 is 19.9 Å². The lowest BCUT2D eigenvalue weighted by Gasteiger charge is -2.08. The number of fused-ring (bicyclic) bond motifs is 1. The largest absolute Gasteiger partial charge is 0.508 e. The molecule has 3 rings (SSSR count). The van der Waals surface area contributed by atoms with Gasteiger partial charge in [0.05, 0.1) is 18.6 Å². The summed E-state index contributed by atoms with van der Waals surface area (Å²) in [5, 5.41) is 12.4. The summed E-state index contributed by atoms with van der Waals surface area (Å²) in [6.45, 7) is 1.55. The van der Waals surface area contributed by atoms with Crippen molar-refractivity contribution in [2.45, 2.75) is 32.6 Å². The zero-order valence-corrected chi connectivity index (χ0v) is 16.3. The molecule has 1 aromatic heterocycles. The third-order valence-electron chi connectivity index (χ3n) is 4.30. The Kier molecular flexibility index (Phi) is 6.30. The number of aryl methyl sites for hydroxylation is 1. The summed E-state index contributed by atoms with van der Waals surface area (Å²) in [7, 11) is 0. The van der Waals surface area contributed by atoms with Gasteiger partial charge in [0, 0.05) is 4.88 Å². The van der Waals surface area contributed by atoms with Crippen molar-refractivity contribution in [2.24, 2.45) is 0 Å². The summed E-state index contributed by atoms with van der Waals surface area (Å²) >= 11 is 1.37. The molecule has 1 amide bonds. The lowest BCUT2D eigenvalue weighted by Crippen LogP contribution is -2.22. The summed E-state index contributed by atoms with van der Waals surface area (Å²) in [4.78, 5) is 37.5. The maximum Gasteiger partial charge on any atom is 0.341 e. The van der Waals surface area contributed by atoms with Gasteiger partial charge in [0.25, 0.3) is 5.91 Å². The molecule has 0 aliphatic heterocycles. The van der Waals surface area contributed by atoms with Gasteiger partial charge >= 0.3 is 11.9 Å². The van der Waals surface area contributed by atoms with Crippen molar-refractivity contribution < 1.29 is 29.0 Å². The molecule has 0 bridgehead atoms. The number of phenolic OH excluding ortho intramolecular Hbond substituents is 1. The first-order valence-electron chi connectivity index (χ1n) is 9.03. The topological polar surface area (TPSA) is 102 Å². The molecule has 0 saturated carbocycles. The molecule has 8 heteroatoms. The van der Waals surface area contributed by atoms with Crippen LogP contribution in [-0.4, -0.2) is 36.2 Å². The average molecular weight is 403 g/mol. The molecule has 7 nitrogen and oxygen atoms in total. The zero-order chi connectivity index (χ0) is 20.1. The van der Waals surface area contributed by atoms with Crippen molar-refractivity contribution in [1.82, 2.24) is 0 Å². The summed E-state index contributed by atoms with van der Waals surface area (Å²) in [5.41, 5.74) is 2.04. The lowest BCUT2D eigenvalue weighted by atomic mass is 10.1. The van der Waals surface area contributed by atoms with E-state index < -0.39 is 24.5 Å². The van der Waals surface area contributed by atoms with E-state index in [1.54, 1.807) is 19.1 Å². The number of rotatable bonds is 7. The van der Waals surface area contributed by atoms with Crippen LogP contribution in [0.4, 0.5) is 5.00 Å². The number of phenols is 1. The number of ether oxygens (including phenoxy) is 2. The van der Waals surface area contributed by atoms with Crippen LogP contribution in [-0.2, 0) is 38.3 Å². The number of esters is 2. The molecule has 1 heterocycles. The second-order valence-corrected chi connectivity index (χ2v) is 7.44. The molecule has 0 atom stereocenters. The predicted octanol–water partition coefficient (Wildman–Crippen LogP) is 2.84. The summed E-state index contributed by atoms with van der Waals surface area (Å²) in [5.74, 6) is -1.40. The molecule has 0 radical (unpaired) electrons. The first kappa shape index (κ1) is 19.9. The maximum atomic E-state index is 12.3. The fourth-order valence-electron chi connectivity index (χ4n) is 3.05. The SMILES string of the molecule is CCOC(=O)c1c(NC(=O)COC(=O)Cc2ccc(O)cc2)sc2c1CCC2. The van der Waals surface area contributed by atoms with Gasteiger partial charge in [-0.15, -0.1) is 11.3 Å². The minimum atomic E-state index is -0.555. The number of hydrogen-bond donors (Lipinski definition) is 2. The van der Waals surface area contributed by atoms with E-state index in [1.807, 2.05) is 0 Å². The minimum Gasteiger partial charge on any atom is -0.508 e. The summed E-state index contributed by atoms with van der Waals surface area (Å²) in [6, 6.07) is 6.16. The van der Waals surface area contributed by atoms with Crippen molar-refractivity contribution in [2.75, 3.05) is 18.5 Å². The van der Waals surface area contributed by atoms with Gasteiger partial charge in [-0.25, -0.2) is 4.79 Å². The van der Waals surface area contributed by atoms with Crippen LogP contribution in [0, 0.1) is 0 Å². The van der Waals surface area contributed by atoms with Crippen LogP contribution < -0.4 is 5.32 Å². The highest BCUT2D eigenvalue weighted by molar-refractivity contribution is 7.17. The van der Waals surface area contributed by atoms with Crippen LogP contribution in [0.3, 0.4) is 0 Å². The number of thiophene rings is 1. The van der Waals surface area contributed by atoms with Gasteiger partial charge in [0.2, 0.25) is 0 Å². The molecular formula is C20H21NO6S. The summed E-state index contributed by atoms with van der Waals surface area (Å²) < 4.78 is 10.1. The molecule has 148 valence electrons. The van der Waals surface area contributed by atoms with E-state index in [9.17, 15) is 19.5 Å². The Morgan fingerprint density at radius 3 is 2.61 bits per heavy atom. The van der Waals surface area contributed by atoms with Gasteiger partial charge in [-0.1, -0.05) is 12.1 Å².